The van der Waals surface area contributed by atoms with Crippen LogP contribution in [0.25, 0.3) is 11.0 Å². The second-order valence-electron chi connectivity index (χ2n) is 8.35. The molecule has 34 heavy (non-hydrogen) atoms. The van der Waals surface area contributed by atoms with Crippen molar-refractivity contribution in [2.24, 2.45) is 0 Å². The normalized spacial score (nSPS) is 15.4. The Bertz CT molecular complexity index is 1310. The number of nitrogens with zero attached hydrogens (tertiary/aromatic N) is 6. The van der Waals surface area contributed by atoms with Crippen LogP contribution >= 0.6 is 0 Å². The predicted octanol–water partition coefficient (Wildman–Crippen LogP) is 2.60. The average Bonchev–Trinajstić information content (AvgIpc) is 3.57. The molecular weight excluding hydrogens is 438 g/mol. The number of fused-ring (bicyclic) bond motifs is 3. The fourth-order valence-corrected chi connectivity index (χ4v) is 4.50. The van der Waals surface area contributed by atoms with Gasteiger partial charge < -0.3 is 19.4 Å². The van der Waals surface area contributed by atoms with Gasteiger partial charge in [-0.3, -0.25) is 14.4 Å². The predicted molar refractivity (Wildman–Crippen MR) is 122 cm³/mol. The Morgan fingerprint density at radius 3 is 2.94 bits per heavy atom. The number of hydrogen-bond acceptors (Lipinski definition) is 6. The SMILES string of the molecule is C[C@H]1CCc2c(ccc3c2nc(CCn2cccn2)n3CC(=O)NCc2cnco2)N1C(=O)O. The van der Waals surface area contributed by atoms with E-state index >= 15 is 0 Å². The molecule has 1 aliphatic rings. The summed E-state index contributed by atoms with van der Waals surface area (Å²) in [5, 5.41) is 16.9. The Morgan fingerprint density at radius 1 is 1.32 bits per heavy atom. The molecule has 4 aromatic rings. The van der Waals surface area contributed by atoms with Gasteiger partial charge in [0.2, 0.25) is 5.91 Å². The van der Waals surface area contributed by atoms with Crippen LogP contribution in [0.3, 0.4) is 0 Å². The molecule has 1 atom stereocenters. The number of carbonyl (C=O) groups is 2. The van der Waals surface area contributed by atoms with Crippen molar-refractivity contribution >= 4 is 28.7 Å². The minimum Gasteiger partial charge on any atom is -0.465 e. The maximum atomic E-state index is 12.8. The van der Waals surface area contributed by atoms with Crippen LogP contribution in [0.5, 0.6) is 0 Å². The van der Waals surface area contributed by atoms with Crippen LogP contribution in [-0.2, 0) is 37.3 Å². The van der Waals surface area contributed by atoms with Crippen molar-refractivity contribution in [3.8, 4) is 0 Å². The molecule has 0 aliphatic carbocycles. The van der Waals surface area contributed by atoms with Gasteiger partial charge in [0.25, 0.3) is 0 Å². The highest BCUT2D eigenvalue weighted by Crippen LogP contribution is 2.36. The maximum absolute atomic E-state index is 12.8. The number of nitrogens with one attached hydrogen (secondary N) is 1. The smallest absolute Gasteiger partial charge is 0.412 e. The molecule has 1 aromatic carbocycles. The van der Waals surface area contributed by atoms with E-state index in [9.17, 15) is 14.7 Å². The van der Waals surface area contributed by atoms with Crippen molar-refractivity contribution in [1.82, 2.24) is 29.6 Å². The number of amides is 2. The number of imidazole rings is 1. The highest BCUT2D eigenvalue weighted by atomic mass is 16.4. The third-order valence-electron chi connectivity index (χ3n) is 6.17. The fraction of sp³-hybridized carbons (Fsp3) is 0.348. The van der Waals surface area contributed by atoms with Gasteiger partial charge in [-0.1, -0.05) is 0 Å². The van der Waals surface area contributed by atoms with Gasteiger partial charge in [-0.15, -0.1) is 0 Å². The molecule has 0 saturated carbocycles. The Hall–Kier alpha value is -4.15. The van der Waals surface area contributed by atoms with Gasteiger partial charge in [0.05, 0.1) is 29.5 Å². The lowest BCUT2D eigenvalue weighted by Crippen LogP contribution is -2.41. The minimum absolute atomic E-state index is 0.0803. The lowest BCUT2D eigenvalue weighted by Gasteiger charge is -2.33. The minimum atomic E-state index is -0.974. The first kappa shape index (κ1) is 21.7. The summed E-state index contributed by atoms with van der Waals surface area (Å²) in [7, 11) is 0. The average molecular weight is 463 g/mol. The largest absolute Gasteiger partial charge is 0.465 e. The van der Waals surface area contributed by atoms with Gasteiger partial charge >= 0.3 is 6.09 Å². The number of anilines is 1. The number of hydrogen-bond donors (Lipinski definition) is 2. The molecule has 0 fully saturated rings. The van der Waals surface area contributed by atoms with Crippen LogP contribution in [-0.4, -0.2) is 47.5 Å². The van der Waals surface area contributed by atoms with Crippen molar-refractivity contribution in [3.63, 3.8) is 0 Å². The van der Waals surface area contributed by atoms with Gasteiger partial charge in [0, 0.05) is 37.0 Å². The van der Waals surface area contributed by atoms with E-state index in [0.29, 0.717) is 30.8 Å². The molecule has 4 heterocycles. The lowest BCUT2D eigenvalue weighted by molar-refractivity contribution is -0.121. The van der Waals surface area contributed by atoms with Gasteiger partial charge in [-0.25, -0.2) is 14.8 Å². The molecule has 0 bridgehead atoms. The first-order chi connectivity index (χ1) is 16.5. The van der Waals surface area contributed by atoms with Crippen LogP contribution in [0.1, 0.15) is 30.5 Å². The molecule has 11 heteroatoms. The van der Waals surface area contributed by atoms with Crippen molar-refractivity contribution in [3.05, 3.63) is 60.3 Å². The van der Waals surface area contributed by atoms with Crippen molar-refractivity contribution < 1.29 is 19.1 Å². The number of aryl methyl sites for hydroxylation is 3. The third kappa shape index (κ3) is 4.12. The number of oxazole rings is 1. The van der Waals surface area contributed by atoms with E-state index in [1.165, 1.54) is 11.3 Å². The molecule has 2 amide bonds. The molecule has 176 valence electrons. The van der Waals surface area contributed by atoms with Gasteiger partial charge in [-0.2, -0.15) is 5.10 Å². The van der Waals surface area contributed by atoms with E-state index < -0.39 is 6.09 Å². The lowest BCUT2D eigenvalue weighted by atomic mass is 9.96. The van der Waals surface area contributed by atoms with Crippen LogP contribution in [0.15, 0.2) is 47.6 Å². The van der Waals surface area contributed by atoms with Crippen molar-refractivity contribution in [1.29, 1.82) is 0 Å². The standard InChI is InChI=1S/C23H25N7O4/c1-15-3-4-17-18(30(15)23(32)33)5-6-19-22(17)27-20(7-10-28-9-2-8-26-28)29(19)13-21(31)25-12-16-11-24-14-34-16/h2,5-6,8-9,11,14-15H,3-4,7,10,12-13H2,1H3,(H,25,31)(H,32,33)/t15-/m0/s1. The van der Waals surface area contributed by atoms with Crippen LogP contribution in [0.2, 0.25) is 0 Å². The number of rotatable bonds is 7. The summed E-state index contributed by atoms with van der Waals surface area (Å²) in [6.07, 6.45) is 7.52. The summed E-state index contributed by atoms with van der Waals surface area (Å²) in [6, 6.07) is 5.43. The van der Waals surface area contributed by atoms with E-state index in [4.69, 9.17) is 9.40 Å². The van der Waals surface area contributed by atoms with E-state index in [1.807, 2.05) is 40.6 Å². The molecule has 5 rings (SSSR count). The molecule has 0 saturated heterocycles. The molecule has 2 N–H and O–H groups in total. The van der Waals surface area contributed by atoms with Gasteiger partial charge in [0.15, 0.2) is 6.39 Å². The highest BCUT2D eigenvalue weighted by molar-refractivity contribution is 5.95. The van der Waals surface area contributed by atoms with E-state index in [1.54, 1.807) is 12.4 Å². The highest BCUT2D eigenvalue weighted by Gasteiger charge is 2.30. The van der Waals surface area contributed by atoms with Crippen molar-refractivity contribution in [2.75, 3.05) is 4.90 Å². The summed E-state index contributed by atoms with van der Waals surface area (Å²) >= 11 is 0. The van der Waals surface area contributed by atoms with Gasteiger partial charge in [0.1, 0.15) is 18.1 Å². The van der Waals surface area contributed by atoms with E-state index in [0.717, 1.165) is 28.8 Å². The Kier molecular flexibility index (Phi) is 5.74. The van der Waals surface area contributed by atoms with Crippen LogP contribution in [0.4, 0.5) is 10.5 Å². The maximum Gasteiger partial charge on any atom is 0.412 e. The Morgan fingerprint density at radius 2 is 2.21 bits per heavy atom. The number of carboxylic acid groups (broad SMARTS) is 1. The molecule has 0 unspecified atom stereocenters. The quantitative estimate of drug-likeness (QED) is 0.431. The molecule has 0 radical (unpaired) electrons. The second kappa shape index (κ2) is 9.00. The third-order valence-corrected chi connectivity index (χ3v) is 6.17. The first-order valence-corrected chi connectivity index (χ1v) is 11.2. The Balaban J connectivity index is 1.49. The second-order valence-corrected chi connectivity index (χ2v) is 8.35. The summed E-state index contributed by atoms with van der Waals surface area (Å²) in [5.41, 5.74) is 3.12. The fourth-order valence-electron chi connectivity index (χ4n) is 4.50. The zero-order valence-corrected chi connectivity index (χ0v) is 18.7. The van der Waals surface area contributed by atoms with E-state index in [2.05, 4.69) is 15.4 Å². The summed E-state index contributed by atoms with van der Waals surface area (Å²) in [5.74, 6) is 1.13. The molecular formula is C23H25N7O4. The van der Waals surface area contributed by atoms with Crippen LogP contribution < -0.4 is 10.2 Å². The van der Waals surface area contributed by atoms with Gasteiger partial charge in [-0.05, 0) is 38.0 Å². The number of benzene rings is 1. The number of carbonyl (C=O) groups excluding carboxylic acids is 1. The molecule has 11 nitrogen and oxygen atoms in total. The van der Waals surface area contributed by atoms with E-state index in [-0.39, 0.29) is 25.0 Å². The zero-order valence-electron chi connectivity index (χ0n) is 18.7. The first-order valence-electron chi connectivity index (χ1n) is 11.2. The molecule has 3 aromatic heterocycles. The summed E-state index contributed by atoms with van der Waals surface area (Å²) in [6.45, 7) is 2.84. The number of aromatic nitrogens is 5. The van der Waals surface area contributed by atoms with Crippen LogP contribution in [0, 0.1) is 0 Å². The topological polar surface area (TPSA) is 131 Å². The summed E-state index contributed by atoms with van der Waals surface area (Å²) in [4.78, 5) is 34.9. The van der Waals surface area contributed by atoms with Crippen molar-refractivity contribution in [2.45, 2.75) is 51.9 Å². The molecule has 0 spiro atoms. The Labute approximate surface area is 195 Å². The monoisotopic (exact) mass is 463 g/mol. The molecule has 1 aliphatic heterocycles. The zero-order chi connectivity index (χ0) is 23.7. The summed E-state index contributed by atoms with van der Waals surface area (Å²) < 4.78 is 8.90.